The zero-order chi connectivity index (χ0) is 12.0. The minimum absolute atomic E-state index is 0.0290. The summed E-state index contributed by atoms with van der Waals surface area (Å²) in [5.74, 6) is 0.143. The summed E-state index contributed by atoms with van der Waals surface area (Å²) in [6.07, 6.45) is 2.48. The third kappa shape index (κ3) is 4.78. The van der Waals surface area contributed by atoms with E-state index in [0.29, 0.717) is 13.0 Å². The lowest BCUT2D eigenvalue weighted by Gasteiger charge is -2.30. The number of hydrogen-bond acceptors (Lipinski definition) is 4. The molecule has 0 aromatic heterocycles. The summed E-state index contributed by atoms with van der Waals surface area (Å²) in [5, 5.41) is 3.27. The lowest BCUT2D eigenvalue weighted by Crippen LogP contribution is -2.52. The molecule has 2 atom stereocenters. The van der Waals surface area contributed by atoms with Crippen molar-refractivity contribution in [1.82, 2.24) is 10.0 Å². The van der Waals surface area contributed by atoms with Gasteiger partial charge in [-0.2, -0.15) is 0 Å². The maximum atomic E-state index is 11.7. The van der Waals surface area contributed by atoms with E-state index in [4.69, 9.17) is 4.74 Å². The SMILES string of the molecule is COCCCS(=O)(=O)NC1CCCNC1C. The fourth-order valence-corrected chi connectivity index (χ4v) is 3.29. The van der Waals surface area contributed by atoms with Crippen molar-refractivity contribution in [3.8, 4) is 0 Å². The average molecular weight is 250 g/mol. The highest BCUT2D eigenvalue weighted by molar-refractivity contribution is 7.89. The van der Waals surface area contributed by atoms with Crippen LogP contribution in [0.2, 0.25) is 0 Å². The van der Waals surface area contributed by atoms with Crippen LogP contribution in [-0.2, 0) is 14.8 Å². The van der Waals surface area contributed by atoms with Crippen molar-refractivity contribution in [2.75, 3.05) is 26.0 Å². The number of nitrogens with one attached hydrogen (secondary N) is 2. The molecule has 1 rings (SSSR count). The van der Waals surface area contributed by atoms with E-state index in [9.17, 15) is 8.42 Å². The van der Waals surface area contributed by atoms with E-state index in [2.05, 4.69) is 10.0 Å². The number of piperidine rings is 1. The highest BCUT2D eigenvalue weighted by Crippen LogP contribution is 2.09. The minimum Gasteiger partial charge on any atom is -0.385 e. The summed E-state index contributed by atoms with van der Waals surface area (Å²) in [4.78, 5) is 0. The highest BCUT2D eigenvalue weighted by atomic mass is 32.2. The van der Waals surface area contributed by atoms with Gasteiger partial charge in [0.25, 0.3) is 0 Å². The van der Waals surface area contributed by atoms with Crippen molar-refractivity contribution in [3.63, 3.8) is 0 Å². The Hall–Kier alpha value is -0.170. The molecule has 0 saturated carbocycles. The van der Waals surface area contributed by atoms with E-state index in [0.717, 1.165) is 19.4 Å². The van der Waals surface area contributed by atoms with Crippen LogP contribution < -0.4 is 10.0 Å². The lowest BCUT2D eigenvalue weighted by molar-refractivity contribution is 0.199. The second-order valence-corrected chi connectivity index (χ2v) is 6.15. The summed E-state index contributed by atoms with van der Waals surface area (Å²) in [6, 6.07) is 0.243. The van der Waals surface area contributed by atoms with Gasteiger partial charge < -0.3 is 10.1 Å². The summed E-state index contributed by atoms with van der Waals surface area (Å²) < 4.78 is 31.1. The molecule has 2 N–H and O–H groups in total. The number of hydrogen-bond donors (Lipinski definition) is 2. The fraction of sp³-hybridized carbons (Fsp3) is 1.00. The fourth-order valence-electron chi connectivity index (χ4n) is 1.89. The summed E-state index contributed by atoms with van der Waals surface area (Å²) >= 11 is 0. The molecule has 0 bridgehead atoms. The van der Waals surface area contributed by atoms with E-state index in [1.807, 2.05) is 6.92 Å². The van der Waals surface area contributed by atoms with Gasteiger partial charge in [-0.3, -0.25) is 0 Å². The molecule has 0 aromatic rings. The Morgan fingerprint density at radius 3 is 2.88 bits per heavy atom. The third-order valence-electron chi connectivity index (χ3n) is 2.85. The Kier molecular flexibility index (Phi) is 5.68. The molecule has 0 aromatic carbocycles. The third-order valence-corrected chi connectivity index (χ3v) is 4.34. The topological polar surface area (TPSA) is 67.4 Å². The molecule has 5 nitrogen and oxygen atoms in total. The number of sulfonamides is 1. The average Bonchev–Trinajstić information content (AvgIpc) is 2.21. The predicted molar refractivity (Wildman–Crippen MR) is 63.9 cm³/mol. The second kappa shape index (κ2) is 6.54. The van der Waals surface area contributed by atoms with Gasteiger partial charge in [0.2, 0.25) is 10.0 Å². The van der Waals surface area contributed by atoms with Gasteiger partial charge in [-0.05, 0) is 32.7 Å². The number of methoxy groups -OCH3 is 1. The van der Waals surface area contributed by atoms with E-state index in [1.54, 1.807) is 7.11 Å². The van der Waals surface area contributed by atoms with Gasteiger partial charge in [-0.1, -0.05) is 0 Å². The van der Waals surface area contributed by atoms with E-state index < -0.39 is 10.0 Å². The van der Waals surface area contributed by atoms with Crippen molar-refractivity contribution < 1.29 is 13.2 Å². The summed E-state index contributed by atoms with van der Waals surface area (Å²) in [7, 11) is -1.58. The van der Waals surface area contributed by atoms with Crippen LogP contribution in [0, 0.1) is 0 Å². The van der Waals surface area contributed by atoms with Crippen LogP contribution in [0.4, 0.5) is 0 Å². The van der Waals surface area contributed by atoms with Crippen molar-refractivity contribution in [2.24, 2.45) is 0 Å². The molecular weight excluding hydrogens is 228 g/mol. The Morgan fingerprint density at radius 2 is 2.25 bits per heavy atom. The van der Waals surface area contributed by atoms with Gasteiger partial charge >= 0.3 is 0 Å². The maximum absolute atomic E-state index is 11.7. The molecule has 2 unspecified atom stereocenters. The smallest absolute Gasteiger partial charge is 0.211 e. The normalized spacial score (nSPS) is 26.9. The van der Waals surface area contributed by atoms with Gasteiger partial charge in [-0.15, -0.1) is 0 Å². The number of rotatable bonds is 6. The van der Waals surface area contributed by atoms with Crippen LogP contribution in [0.1, 0.15) is 26.2 Å². The first-order valence-electron chi connectivity index (χ1n) is 5.77. The van der Waals surface area contributed by atoms with Crippen LogP contribution in [0.25, 0.3) is 0 Å². The highest BCUT2D eigenvalue weighted by Gasteiger charge is 2.24. The maximum Gasteiger partial charge on any atom is 0.211 e. The van der Waals surface area contributed by atoms with Gasteiger partial charge in [0.1, 0.15) is 0 Å². The van der Waals surface area contributed by atoms with Crippen molar-refractivity contribution in [3.05, 3.63) is 0 Å². The van der Waals surface area contributed by atoms with Crippen molar-refractivity contribution in [2.45, 2.75) is 38.3 Å². The Bertz CT molecular complexity index is 292. The van der Waals surface area contributed by atoms with Crippen LogP contribution in [0.5, 0.6) is 0 Å². The zero-order valence-corrected chi connectivity index (χ0v) is 10.8. The Balaban J connectivity index is 2.38. The molecule has 1 aliphatic heterocycles. The van der Waals surface area contributed by atoms with Crippen LogP contribution >= 0.6 is 0 Å². The number of ether oxygens (including phenoxy) is 1. The van der Waals surface area contributed by atoms with Gasteiger partial charge in [0.15, 0.2) is 0 Å². The Labute approximate surface area is 98.0 Å². The first-order valence-corrected chi connectivity index (χ1v) is 7.43. The zero-order valence-electron chi connectivity index (χ0n) is 10.0. The molecule has 6 heteroatoms. The summed E-state index contributed by atoms with van der Waals surface area (Å²) in [5.41, 5.74) is 0. The molecule has 0 radical (unpaired) electrons. The van der Waals surface area contributed by atoms with E-state index in [-0.39, 0.29) is 17.8 Å². The Morgan fingerprint density at radius 1 is 1.50 bits per heavy atom. The molecule has 0 spiro atoms. The molecule has 1 saturated heterocycles. The first-order chi connectivity index (χ1) is 7.55. The van der Waals surface area contributed by atoms with Crippen LogP contribution in [0.3, 0.4) is 0 Å². The van der Waals surface area contributed by atoms with E-state index >= 15 is 0 Å². The van der Waals surface area contributed by atoms with Crippen LogP contribution in [0.15, 0.2) is 0 Å². The first kappa shape index (κ1) is 13.9. The van der Waals surface area contributed by atoms with E-state index in [1.165, 1.54) is 0 Å². The molecule has 1 aliphatic rings. The molecule has 1 heterocycles. The second-order valence-electron chi connectivity index (χ2n) is 4.27. The monoisotopic (exact) mass is 250 g/mol. The minimum atomic E-state index is -3.16. The molecule has 0 amide bonds. The molecule has 96 valence electrons. The predicted octanol–water partition coefficient (Wildman–Crippen LogP) is 0.0828. The lowest BCUT2D eigenvalue weighted by atomic mass is 10.0. The molecule has 0 aliphatic carbocycles. The van der Waals surface area contributed by atoms with Gasteiger partial charge in [0, 0.05) is 25.8 Å². The molecule has 16 heavy (non-hydrogen) atoms. The van der Waals surface area contributed by atoms with Crippen LogP contribution in [-0.4, -0.2) is 46.5 Å². The van der Waals surface area contributed by atoms with Crippen molar-refractivity contribution in [1.29, 1.82) is 0 Å². The largest absolute Gasteiger partial charge is 0.385 e. The molecule has 1 fully saturated rings. The molecular formula is C10H22N2O3S. The summed E-state index contributed by atoms with van der Waals surface area (Å²) in [6.45, 7) is 3.48. The van der Waals surface area contributed by atoms with Gasteiger partial charge in [-0.25, -0.2) is 13.1 Å². The quantitative estimate of drug-likeness (QED) is 0.655. The standard InChI is InChI=1S/C10H22N2O3S/c1-9-10(5-3-6-11-9)12-16(13,14)8-4-7-15-2/h9-12H,3-8H2,1-2H3. The van der Waals surface area contributed by atoms with Crippen molar-refractivity contribution >= 4 is 10.0 Å². The van der Waals surface area contributed by atoms with Gasteiger partial charge in [0.05, 0.1) is 5.75 Å².